The van der Waals surface area contributed by atoms with Gasteiger partial charge in [0.1, 0.15) is 24.2 Å². The van der Waals surface area contributed by atoms with Gasteiger partial charge in [-0.3, -0.25) is 14.4 Å². The fraction of sp³-hybridized carbons (Fsp3) is 0.778. The van der Waals surface area contributed by atoms with E-state index in [1.54, 1.807) is 13.8 Å². The van der Waals surface area contributed by atoms with Gasteiger partial charge in [-0.1, -0.05) is 13.8 Å². The Balaban J connectivity index is 2.10. The molecule has 4 unspecified atom stereocenters. The summed E-state index contributed by atoms with van der Waals surface area (Å²) in [6.45, 7) is 3.64. The number of carbonyl (C=O) groups is 4. The van der Waals surface area contributed by atoms with Gasteiger partial charge < -0.3 is 31.1 Å². The summed E-state index contributed by atoms with van der Waals surface area (Å²) in [5.41, 5.74) is 5.61. The Morgan fingerprint density at radius 2 is 1.64 bits per heavy atom. The predicted molar refractivity (Wildman–Crippen MR) is 98.9 cm³/mol. The number of hydrogen-bond donors (Lipinski definition) is 4. The molecule has 0 saturated carbocycles. The van der Waals surface area contributed by atoms with Crippen LogP contribution in [0.25, 0.3) is 0 Å². The first kappa shape index (κ1) is 22.1. The molecule has 158 valence electrons. The van der Waals surface area contributed by atoms with Gasteiger partial charge in [0.25, 0.3) is 0 Å². The van der Waals surface area contributed by atoms with Crippen molar-refractivity contribution in [3.63, 3.8) is 0 Å². The van der Waals surface area contributed by atoms with E-state index in [2.05, 4.69) is 5.32 Å². The molecule has 10 nitrogen and oxygen atoms in total. The van der Waals surface area contributed by atoms with Crippen LogP contribution in [-0.2, 0) is 19.2 Å². The molecule has 2 aliphatic heterocycles. The minimum atomic E-state index is -1.12. The van der Waals surface area contributed by atoms with E-state index in [0.717, 1.165) is 0 Å². The lowest BCUT2D eigenvalue weighted by Crippen LogP contribution is -2.57. The number of aliphatic hydroxyl groups is 1. The third kappa shape index (κ3) is 4.61. The number of aliphatic hydroxyl groups excluding tert-OH is 1. The van der Waals surface area contributed by atoms with Gasteiger partial charge in [-0.25, -0.2) is 4.79 Å². The summed E-state index contributed by atoms with van der Waals surface area (Å²) in [6.07, 6.45) is 2.18. The zero-order valence-corrected chi connectivity index (χ0v) is 16.3. The van der Waals surface area contributed by atoms with E-state index in [9.17, 15) is 24.3 Å². The van der Waals surface area contributed by atoms with E-state index in [4.69, 9.17) is 10.8 Å². The maximum absolute atomic E-state index is 13.1. The van der Waals surface area contributed by atoms with Gasteiger partial charge >= 0.3 is 5.97 Å². The first-order chi connectivity index (χ1) is 13.2. The maximum Gasteiger partial charge on any atom is 0.326 e. The number of amides is 3. The second kappa shape index (κ2) is 9.33. The predicted octanol–water partition coefficient (Wildman–Crippen LogP) is -1.49. The number of aliphatic carboxylic acids is 1. The number of carboxylic acids is 1. The normalized spacial score (nSPS) is 24.3. The Morgan fingerprint density at radius 1 is 1.07 bits per heavy atom. The molecule has 4 atom stereocenters. The van der Waals surface area contributed by atoms with Crippen molar-refractivity contribution in [2.45, 2.75) is 63.7 Å². The Morgan fingerprint density at radius 3 is 2.18 bits per heavy atom. The van der Waals surface area contributed by atoms with Crippen molar-refractivity contribution in [2.75, 3.05) is 19.7 Å². The number of carbonyl (C=O) groups excluding carboxylic acids is 3. The molecule has 2 rings (SSSR count). The SMILES string of the molecule is CC(C)C(NC(=O)C1CCCN1C(=O)C1CCCN1C(=O)C(N)CO)C(=O)O. The minimum absolute atomic E-state index is 0.296. The Hall–Kier alpha value is -2.20. The Labute approximate surface area is 164 Å². The third-order valence-electron chi connectivity index (χ3n) is 5.40. The van der Waals surface area contributed by atoms with Crippen LogP contribution >= 0.6 is 0 Å². The third-order valence-corrected chi connectivity index (χ3v) is 5.40. The van der Waals surface area contributed by atoms with Crippen LogP contribution in [0.4, 0.5) is 0 Å². The van der Waals surface area contributed by atoms with Crippen LogP contribution in [0.1, 0.15) is 39.5 Å². The molecular weight excluding hydrogens is 368 g/mol. The van der Waals surface area contributed by atoms with E-state index in [1.165, 1.54) is 9.80 Å². The molecule has 2 heterocycles. The van der Waals surface area contributed by atoms with E-state index >= 15 is 0 Å². The van der Waals surface area contributed by atoms with Gasteiger partial charge in [-0.15, -0.1) is 0 Å². The molecule has 0 aliphatic carbocycles. The van der Waals surface area contributed by atoms with E-state index < -0.39 is 48.6 Å². The van der Waals surface area contributed by atoms with Crippen molar-refractivity contribution in [3.05, 3.63) is 0 Å². The number of nitrogens with two attached hydrogens (primary N) is 1. The number of nitrogens with zero attached hydrogens (tertiary/aromatic N) is 2. The van der Waals surface area contributed by atoms with Crippen LogP contribution < -0.4 is 11.1 Å². The Kier molecular flexibility index (Phi) is 7.36. The molecule has 0 bridgehead atoms. The number of hydrogen-bond acceptors (Lipinski definition) is 6. The molecule has 3 amide bonds. The monoisotopic (exact) mass is 398 g/mol. The fourth-order valence-corrected chi connectivity index (χ4v) is 3.84. The zero-order chi connectivity index (χ0) is 21.0. The highest BCUT2D eigenvalue weighted by molar-refractivity contribution is 5.94. The van der Waals surface area contributed by atoms with Crippen LogP contribution in [0.2, 0.25) is 0 Å². The van der Waals surface area contributed by atoms with Crippen LogP contribution in [0.15, 0.2) is 0 Å². The first-order valence-electron chi connectivity index (χ1n) is 9.69. The molecule has 2 aliphatic rings. The second-order valence-corrected chi connectivity index (χ2v) is 7.74. The van der Waals surface area contributed by atoms with Gasteiger partial charge in [-0.05, 0) is 31.6 Å². The summed E-state index contributed by atoms with van der Waals surface area (Å²) in [7, 11) is 0. The number of likely N-dealkylation sites (tertiary alicyclic amines) is 2. The van der Waals surface area contributed by atoms with Gasteiger partial charge in [0, 0.05) is 13.1 Å². The standard InChI is InChI=1S/C18H30N4O6/c1-10(2)14(18(27)28)20-15(24)12-5-3-7-21(12)17(26)13-6-4-8-22(13)16(25)11(19)9-23/h10-14,23H,3-9,19H2,1-2H3,(H,20,24)(H,27,28). The molecular formula is C18H30N4O6. The van der Waals surface area contributed by atoms with E-state index in [0.29, 0.717) is 38.8 Å². The molecule has 0 aromatic carbocycles. The van der Waals surface area contributed by atoms with Crippen molar-refractivity contribution in [1.82, 2.24) is 15.1 Å². The van der Waals surface area contributed by atoms with Crippen molar-refractivity contribution in [1.29, 1.82) is 0 Å². The average Bonchev–Trinajstić information content (AvgIpc) is 3.32. The van der Waals surface area contributed by atoms with E-state index in [1.807, 2.05) is 0 Å². The summed E-state index contributed by atoms with van der Waals surface area (Å²) >= 11 is 0. The molecule has 0 spiro atoms. The quantitative estimate of drug-likeness (QED) is 0.408. The molecule has 28 heavy (non-hydrogen) atoms. The van der Waals surface area contributed by atoms with Crippen LogP contribution in [-0.4, -0.2) is 87.6 Å². The lowest BCUT2D eigenvalue weighted by molar-refractivity contribution is -0.148. The largest absolute Gasteiger partial charge is 0.480 e. The smallest absolute Gasteiger partial charge is 0.326 e. The molecule has 0 radical (unpaired) electrons. The van der Waals surface area contributed by atoms with Crippen LogP contribution in [0.3, 0.4) is 0 Å². The summed E-state index contributed by atoms with van der Waals surface area (Å²) < 4.78 is 0. The zero-order valence-electron chi connectivity index (χ0n) is 16.3. The fourth-order valence-electron chi connectivity index (χ4n) is 3.84. The van der Waals surface area contributed by atoms with E-state index in [-0.39, 0.29) is 11.8 Å². The lowest BCUT2D eigenvalue weighted by Gasteiger charge is -2.32. The van der Waals surface area contributed by atoms with Crippen molar-refractivity contribution >= 4 is 23.7 Å². The average molecular weight is 398 g/mol. The second-order valence-electron chi connectivity index (χ2n) is 7.74. The first-order valence-corrected chi connectivity index (χ1v) is 9.69. The summed E-state index contributed by atoms with van der Waals surface area (Å²) in [4.78, 5) is 52.3. The van der Waals surface area contributed by atoms with Gasteiger partial charge in [0.2, 0.25) is 17.7 Å². The molecule has 0 aromatic rings. The van der Waals surface area contributed by atoms with Gasteiger partial charge in [-0.2, -0.15) is 0 Å². The molecule has 10 heteroatoms. The van der Waals surface area contributed by atoms with Crippen molar-refractivity contribution < 1.29 is 29.4 Å². The van der Waals surface area contributed by atoms with Gasteiger partial charge in [0.05, 0.1) is 6.61 Å². The van der Waals surface area contributed by atoms with Gasteiger partial charge in [0.15, 0.2) is 0 Å². The maximum atomic E-state index is 13.1. The highest BCUT2D eigenvalue weighted by Gasteiger charge is 2.43. The number of nitrogens with one attached hydrogen (secondary N) is 1. The summed E-state index contributed by atoms with van der Waals surface area (Å²) in [5, 5.41) is 20.9. The number of carboxylic acid groups (broad SMARTS) is 1. The molecule has 0 aromatic heterocycles. The Bertz CT molecular complexity index is 625. The van der Waals surface area contributed by atoms with Crippen LogP contribution in [0, 0.1) is 5.92 Å². The number of rotatable bonds is 7. The topological polar surface area (TPSA) is 153 Å². The summed E-state index contributed by atoms with van der Waals surface area (Å²) in [5.74, 6) is -2.72. The molecule has 5 N–H and O–H groups in total. The summed E-state index contributed by atoms with van der Waals surface area (Å²) in [6, 6.07) is -3.57. The van der Waals surface area contributed by atoms with Crippen LogP contribution in [0.5, 0.6) is 0 Å². The van der Waals surface area contributed by atoms with Crippen molar-refractivity contribution in [2.24, 2.45) is 11.7 Å². The molecule has 2 fully saturated rings. The van der Waals surface area contributed by atoms with Crippen molar-refractivity contribution in [3.8, 4) is 0 Å². The highest BCUT2D eigenvalue weighted by Crippen LogP contribution is 2.25. The lowest BCUT2D eigenvalue weighted by atomic mass is 10.0. The minimum Gasteiger partial charge on any atom is -0.480 e. The highest BCUT2D eigenvalue weighted by atomic mass is 16.4. The molecule has 2 saturated heterocycles.